The van der Waals surface area contributed by atoms with Gasteiger partial charge in [-0.15, -0.1) is 0 Å². The van der Waals surface area contributed by atoms with E-state index in [4.69, 9.17) is 10.5 Å². The van der Waals surface area contributed by atoms with Gasteiger partial charge in [0.15, 0.2) is 0 Å². The van der Waals surface area contributed by atoms with Gasteiger partial charge in [-0.2, -0.15) is 9.61 Å². The standard InChI is InChI=1S/C12H18N4O2/c1-3-15-10(4-5-13)7-12(17)16-11(15)6-9(14-16)8-18-2/h6-7H,3-5,8,13H2,1-2H3. The van der Waals surface area contributed by atoms with Crippen LogP contribution in [0.25, 0.3) is 5.65 Å². The monoisotopic (exact) mass is 250 g/mol. The van der Waals surface area contributed by atoms with Gasteiger partial charge in [0.1, 0.15) is 5.65 Å². The van der Waals surface area contributed by atoms with Crippen LogP contribution in [0.4, 0.5) is 0 Å². The third kappa shape index (κ3) is 2.16. The van der Waals surface area contributed by atoms with E-state index in [-0.39, 0.29) is 5.56 Å². The molecule has 2 aromatic heterocycles. The molecule has 0 aliphatic carbocycles. The number of hydrogen-bond donors (Lipinski definition) is 1. The van der Waals surface area contributed by atoms with E-state index >= 15 is 0 Å². The van der Waals surface area contributed by atoms with Crippen molar-refractivity contribution >= 4 is 5.65 Å². The van der Waals surface area contributed by atoms with E-state index < -0.39 is 0 Å². The Labute approximate surface area is 105 Å². The van der Waals surface area contributed by atoms with Crippen molar-refractivity contribution in [2.75, 3.05) is 13.7 Å². The highest BCUT2D eigenvalue weighted by Gasteiger charge is 2.10. The van der Waals surface area contributed by atoms with Crippen molar-refractivity contribution in [3.63, 3.8) is 0 Å². The first-order chi connectivity index (χ1) is 8.71. The zero-order valence-corrected chi connectivity index (χ0v) is 10.7. The highest BCUT2D eigenvalue weighted by atomic mass is 16.5. The predicted molar refractivity (Wildman–Crippen MR) is 68.6 cm³/mol. The highest BCUT2D eigenvalue weighted by molar-refractivity contribution is 5.42. The van der Waals surface area contributed by atoms with Crippen LogP contribution in [-0.4, -0.2) is 27.8 Å². The van der Waals surface area contributed by atoms with E-state index in [9.17, 15) is 4.79 Å². The highest BCUT2D eigenvalue weighted by Crippen LogP contribution is 2.09. The summed E-state index contributed by atoms with van der Waals surface area (Å²) < 4.78 is 8.51. The summed E-state index contributed by atoms with van der Waals surface area (Å²) in [6, 6.07) is 3.49. The molecule has 0 bridgehead atoms. The van der Waals surface area contributed by atoms with Gasteiger partial charge in [-0.05, 0) is 13.5 Å². The molecule has 2 heterocycles. The Kier molecular flexibility index (Phi) is 3.78. The van der Waals surface area contributed by atoms with Gasteiger partial charge in [0, 0.05) is 37.9 Å². The number of nitrogens with zero attached hydrogens (tertiary/aromatic N) is 3. The quantitative estimate of drug-likeness (QED) is 0.820. The molecule has 0 atom stereocenters. The van der Waals surface area contributed by atoms with Crippen molar-refractivity contribution in [3.05, 3.63) is 33.9 Å². The maximum absolute atomic E-state index is 12.0. The average molecular weight is 250 g/mol. The minimum atomic E-state index is -0.125. The van der Waals surface area contributed by atoms with E-state index in [1.54, 1.807) is 13.2 Å². The molecule has 0 aliphatic rings. The van der Waals surface area contributed by atoms with Crippen LogP contribution >= 0.6 is 0 Å². The Hall–Kier alpha value is -1.66. The van der Waals surface area contributed by atoms with Gasteiger partial charge in [-0.25, -0.2) is 0 Å². The fourth-order valence-corrected chi connectivity index (χ4v) is 2.14. The number of fused-ring (bicyclic) bond motifs is 1. The summed E-state index contributed by atoms with van der Waals surface area (Å²) in [7, 11) is 1.61. The molecule has 0 aromatic carbocycles. The average Bonchev–Trinajstić information content (AvgIpc) is 2.75. The summed E-state index contributed by atoms with van der Waals surface area (Å²) in [5.41, 5.74) is 7.94. The van der Waals surface area contributed by atoms with E-state index in [0.29, 0.717) is 19.6 Å². The lowest BCUT2D eigenvalue weighted by molar-refractivity contribution is 0.181. The van der Waals surface area contributed by atoms with Crippen LogP contribution in [0.2, 0.25) is 0 Å². The van der Waals surface area contributed by atoms with Gasteiger partial charge in [-0.3, -0.25) is 4.79 Å². The van der Waals surface area contributed by atoms with Crippen LogP contribution in [0, 0.1) is 0 Å². The lowest BCUT2D eigenvalue weighted by Gasteiger charge is -2.12. The number of rotatable bonds is 5. The molecule has 0 unspecified atom stereocenters. The summed E-state index contributed by atoms with van der Waals surface area (Å²) in [6.45, 7) is 3.73. The van der Waals surface area contributed by atoms with Crippen molar-refractivity contribution in [1.29, 1.82) is 0 Å². The number of aromatic nitrogens is 3. The lowest BCUT2D eigenvalue weighted by Crippen LogP contribution is -2.22. The van der Waals surface area contributed by atoms with Crippen LogP contribution in [0.1, 0.15) is 18.3 Å². The first kappa shape index (κ1) is 12.8. The molecule has 0 saturated heterocycles. The molecule has 6 heteroatoms. The largest absolute Gasteiger partial charge is 0.378 e. The predicted octanol–water partition coefficient (Wildman–Crippen LogP) is 0.164. The van der Waals surface area contributed by atoms with Crippen molar-refractivity contribution in [2.24, 2.45) is 5.73 Å². The van der Waals surface area contributed by atoms with E-state index in [2.05, 4.69) is 9.67 Å². The number of ether oxygens (including phenoxy) is 1. The van der Waals surface area contributed by atoms with Crippen molar-refractivity contribution in [2.45, 2.75) is 26.5 Å². The molecule has 18 heavy (non-hydrogen) atoms. The summed E-state index contributed by atoms with van der Waals surface area (Å²) in [6.07, 6.45) is 0.685. The zero-order chi connectivity index (χ0) is 13.1. The molecular weight excluding hydrogens is 232 g/mol. The van der Waals surface area contributed by atoms with Crippen molar-refractivity contribution in [3.8, 4) is 0 Å². The Balaban J connectivity index is 2.66. The molecule has 0 fully saturated rings. The molecule has 0 spiro atoms. The van der Waals surface area contributed by atoms with E-state index in [0.717, 1.165) is 23.6 Å². The molecule has 0 saturated carbocycles. The number of aryl methyl sites for hydroxylation is 1. The van der Waals surface area contributed by atoms with Crippen LogP contribution < -0.4 is 11.3 Å². The summed E-state index contributed by atoms with van der Waals surface area (Å²) in [5, 5.41) is 4.24. The molecular formula is C12H18N4O2. The van der Waals surface area contributed by atoms with E-state index in [1.807, 2.05) is 13.0 Å². The molecule has 2 rings (SSSR count). The second kappa shape index (κ2) is 5.32. The molecule has 2 N–H and O–H groups in total. The fourth-order valence-electron chi connectivity index (χ4n) is 2.14. The topological polar surface area (TPSA) is 74.5 Å². The first-order valence-corrected chi connectivity index (χ1v) is 6.01. The molecule has 2 aromatic rings. The van der Waals surface area contributed by atoms with Crippen molar-refractivity contribution in [1.82, 2.24) is 14.2 Å². The van der Waals surface area contributed by atoms with E-state index in [1.165, 1.54) is 4.52 Å². The molecule has 0 amide bonds. The Bertz CT molecular complexity index is 600. The van der Waals surface area contributed by atoms with Gasteiger partial charge >= 0.3 is 0 Å². The van der Waals surface area contributed by atoms with Gasteiger partial charge in [0.25, 0.3) is 5.56 Å². The molecule has 98 valence electrons. The van der Waals surface area contributed by atoms with Crippen molar-refractivity contribution < 1.29 is 4.74 Å². The Morgan fingerprint density at radius 3 is 2.83 bits per heavy atom. The fraction of sp³-hybridized carbons (Fsp3) is 0.500. The van der Waals surface area contributed by atoms with Gasteiger partial charge in [0.05, 0.1) is 12.3 Å². The number of nitrogens with two attached hydrogens (primary N) is 1. The number of methoxy groups -OCH3 is 1. The second-order valence-electron chi connectivity index (χ2n) is 4.10. The molecule has 6 nitrogen and oxygen atoms in total. The second-order valence-corrected chi connectivity index (χ2v) is 4.10. The first-order valence-electron chi connectivity index (χ1n) is 6.01. The molecule has 0 radical (unpaired) electrons. The maximum atomic E-state index is 12.0. The lowest BCUT2D eigenvalue weighted by atomic mass is 10.3. The summed E-state index contributed by atoms with van der Waals surface area (Å²) in [5.74, 6) is 0. The minimum absolute atomic E-state index is 0.125. The van der Waals surface area contributed by atoms with Crippen LogP contribution in [0.15, 0.2) is 16.9 Å². The number of hydrogen-bond acceptors (Lipinski definition) is 4. The van der Waals surface area contributed by atoms with Crippen LogP contribution in [0.3, 0.4) is 0 Å². The zero-order valence-electron chi connectivity index (χ0n) is 10.7. The smallest absolute Gasteiger partial charge is 0.274 e. The van der Waals surface area contributed by atoms with Gasteiger partial charge in [-0.1, -0.05) is 0 Å². The Morgan fingerprint density at radius 2 is 2.22 bits per heavy atom. The third-order valence-corrected chi connectivity index (χ3v) is 2.87. The summed E-state index contributed by atoms with van der Waals surface area (Å²) >= 11 is 0. The van der Waals surface area contributed by atoms with Crippen LogP contribution in [0.5, 0.6) is 0 Å². The normalized spacial score (nSPS) is 11.3. The van der Waals surface area contributed by atoms with Gasteiger partial charge < -0.3 is 15.0 Å². The van der Waals surface area contributed by atoms with Gasteiger partial charge in [0.2, 0.25) is 0 Å². The maximum Gasteiger partial charge on any atom is 0.274 e. The molecule has 0 aliphatic heterocycles. The Morgan fingerprint density at radius 1 is 1.44 bits per heavy atom. The SMILES string of the molecule is CCn1c(CCN)cc(=O)n2nc(COC)cc12. The third-order valence-electron chi connectivity index (χ3n) is 2.87. The van der Waals surface area contributed by atoms with Crippen LogP contribution in [-0.2, 0) is 24.3 Å². The summed E-state index contributed by atoms with van der Waals surface area (Å²) in [4.78, 5) is 12.0. The minimum Gasteiger partial charge on any atom is -0.378 e.